The fraction of sp³-hybridized carbons (Fsp3) is 0.870. The molecule has 0 saturated carbocycles. The van der Waals surface area contributed by atoms with Crippen molar-refractivity contribution < 1.29 is 62.0 Å². The molecule has 0 N–H and O–H groups in total. The number of carbonyl (C=O) groups excluding carboxylic acids is 7. The van der Waals surface area contributed by atoms with Crippen molar-refractivity contribution in [2.75, 3.05) is 65.9 Å². The van der Waals surface area contributed by atoms with Gasteiger partial charge in [-0.25, -0.2) is 0 Å². The van der Waals surface area contributed by atoms with E-state index in [1.807, 2.05) is 19.0 Å². The molecule has 0 aromatic heterocycles. The van der Waals surface area contributed by atoms with Crippen LogP contribution in [0.2, 0.25) is 0 Å². The molecular weight excluding hydrogens is 917 g/mol. The van der Waals surface area contributed by atoms with E-state index >= 15 is 0 Å². The molecule has 0 radical (unpaired) electrons. The molecule has 0 aromatic carbocycles. The number of rotatable bonds is 48. The first-order chi connectivity index (χ1) is 33.8. The van der Waals surface area contributed by atoms with Gasteiger partial charge in [0.2, 0.25) is 0 Å². The Hall–Kier alpha value is -3.40. The van der Waals surface area contributed by atoms with E-state index in [0.717, 1.165) is 153 Å². The van der Waals surface area contributed by atoms with Crippen LogP contribution >= 0.6 is 11.8 Å². The third-order valence-corrected chi connectivity index (χ3v) is 12.7. The van der Waals surface area contributed by atoms with Crippen LogP contribution in [0.5, 0.6) is 0 Å². The Labute approximate surface area is 428 Å². The quantitative estimate of drug-likeness (QED) is 0.0319. The average Bonchev–Trinajstić information content (AvgIpc) is 3.33. The topological polar surface area (TPSA) is 181 Å². The van der Waals surface area contributed by atoms with Crippen molar-refractivity contribution in [2.24, 2.45) is 0 Å². The molecule has 0 fully saturated rings. The lowest BCUT2D eigenvalue weighted by atomic mass is 10.1. The zero-order valence-corrected chi connectivity index (χ0v) is 45.7. The largest absolute Gasteiger partial charge is 0.462 e. The van der Waals surface area contributed by atoms with Gasteiger partial charge in [0.1, 0.15) is 26.4 Å². The minimum Gasteiger partial charge on any atom is -0.462 e. The van der Waals surface area contributed by atoms with E-state index in [1.54, 1.807) is 0 Å². The Bertz CT molecular complexity index is 1280. The summed E-state index contributed by atoms with van der Waals surface area (Å²) in [6.45, 7) is 8.09. The van der Waals surface area contributed by atoms with E-state index in [2.05, 4.69) is 27.7 Å². The van der Waals surface area contributed by atoms with Gasteiger partial charge in [0.05, 0.1) is 12.8 Å². The Balaban J connectivity index is 5.58. The van der Waals surface area contributed by atoms with E-state index in [9.17, 15) is 33.6 Å². The molecule has 16 heteroatoms. The van der Waals surface area contributed by atoms with Crippen LogP contribution in [0.25, 0.3) is 0 Å². The number of thioether (sulfide) groups is 1. The van der Waals surface area contributed by atoms with Crippen molar-refractivity contribution in [2.45, 2.75) is 239 Å². The van der Waals surface area contributed by atoms with Crippen LogP contribution in [0, 0.1) is 0 Å². The maximum absolute atomic E-state index is 13.4. The van der Waals surface area contributed by atoms with Gasteiger partial charge in [-0.3, -0.25) is 33.6 Å². The highest BCUT2D eigenvalue weighted by molar-refractivity contribution is 8.13. The summed E-state index contributed by atoms with van der Waals surface area (Å²) in [5, 5.41) is -0.322. The lowest BCUT2D eigenvalue weighted by Gasteiger charge is -2.23. The Kier molecular flexibility index (Phi) is 45.6. The van der Waals surface area contributed by atoms with Crippen molar-refractivity contribution in [3.05, 3.63) is 0 Å². The lowest BCUT2D eigenvalue weighted by molar-refractivity contribution is -0.167. The fourth-order valence-corrected chi connectivity index (χ4v) is 8.14. The Morgan fingerprint density at radius 3 is 0.957 bits per heavy atom. The van der Waals surface area contributed by atoms with Crippen LogP contribution < -0.4 is 0 Å². The second-order valence-electron chi connectivity index (χ2n) is 18.8. The van der Waals surface area contributed by atoms with Crippen LogP contribution in [0.1, 0.15) is 227 Å². The molecule has 1 amide bonds. The molecule has 0 aromatic rings. The highest BCUT2D eigenvalue weighted by Gasteiger charge is 2.24. The molecule has 0 bridgehead atoms. The molecule has 0 spiro atoms. The molecule has 0 heterocycles. The molecular formula is C54H98N2O13S. The van der Waals surface area contributed by atoms with Gasteiger partial charge in [0.25, 0.3) is 5.24 Å². The Morgan fingerprint density at radius 2 is 0.643 bits per heavy atom. The van der Waals surface area contributed by atoms with Gasteiger partial charge in [-0.1, -0.05) is 168 Å². The molecule has 0 aliphatic rings. The summed E-state index contributed by atoms with van der Waals surface area (Å²) in [5.41, 5.74) is 0. The summed E-state index contributed by atoms with van der Waals surface area (Å²) in [6, 6.07) is 0. The van der Waals surface area contributed by atoms with Gasteiger partial charge in [0.15, 0.2) is 12.2 Å². The number of unbranched alkanes of at least 4 members (excludes halogenated alkanes) is 20. The van der Waals surface area contributed by atoms with Gasteiger partial charge >= 0.3 is 35.8 Å². The molecule has 15 nitrogen and oxygen atoms in total. The number of hydrogen-bond acceptors (Lipinski definition) is 15. The molecule has 2 unspecified atom stereocenters. The number of amides is 1. The van der Waals surface area contributed by atoms with Crippen molar-refractivity contribution in [1.82, 2.24) is 9.80 Å². The van der Waals surface area contributed by atoms with E-state index in [1.165, 1.54) is 4.90 Å². The first-order valence-electron chi connectivity index (χ1n) is 27.4. The highest BCUT2D eigenvalue weighted by atomic mass is 32.2. The second-order valence-corrected chi connectivity index (χ2v) is 19.8. The third kappa shape index (κ3) is 43.4. The number of carbonyl (C=O) groups is 7. The number of hydrogen-bond donors (Lipinski definition) is 0. The summed E-state index contributed by atoms with van der Waals surface area (Å²) in [5.74, 6) is -2.53. The monoisotopic (exact) mass is 1010 g/mol. The molecule has 0 saturated heterocycles. The fourth-order valence-electron chi connectivity index (χ4n) is 7.33. The van der Waals surface area contributed by atoms with Gasteiger partial charge in [-0.05, 0) is 52.7 Å². The molecule has 2 atom stereocenters. The number of esters is 6. The van der Waals surface area contributed by atoms with Crippen LogP contribution in [-0.2, 0) is 57.2 Å². The third-order valence-electron chi connectivity index (χ3n) is 11.7. The zero-order valence-electron chi connectivity index (χ0n) is 44.8. The molecule has 0 rings (SSSR count). The van der Waals surface area contributed by atoms with Crippen molar-refractivity contribution in [1.29, 1.82) is 0 Å². The SMILES string of the molecule is CCCCCCCCC(=O)OCC(COC(=O)CCN(CCC(=O)OCC(COC(=O)CCCCCCCC)OC(=O)CCCCCCCC)C(=O)SCCCN(C)C)OC(=O)CCCCCCCC. The van der Waals surface area contributed by atoms with Crippen LogP contribution in [0.3, 0.4) is 0 Å². The predicted octanol–water partition coefficient (Wildman–Crippen LogP) is 11.9. The Morgan fingerprint density at radius 1 is 0.357 bits per heavy atom. The second kappa shape index (κ2) is 47.9. The van der Waals surface area contributed by atoms with Crippen molar-refractivity contribution >= 4 is 52.8 Å². The smallest absolute Gasteiger partial charge is 0.307 e. The standard InChI is InChI=1S/C54H98N2O13S/c1-7-11-15-19-23-27-32-48(57)64-42-46(68-52(61)34-29-25-21-17-13-9-3)44-66-50(59)36-39-56(54(63)70-41-31-38-55(5)6)40-37-51(60)67-45-47(69-53(62)35-30-26-22-18-14-10-4)43-65-49(58)33-28-24-20-16-12-8-2/h46-47H,7-45H2,1-6H3. The lowest BCUT2D eigenvalue weighted by Crippen LogP contribution is -2.35. The molecule has 70 heavy (non-hydrogen) atoms. The first-order valence-corrected chi connectivity index (χ1v) is 28.4. The van der Waals surface area contributed by atoms with E-state index in [4.69, 9.17) is 28.4 Å². The molecule has 0 aliphatic carbocycles. The van der Waals surface area contributed by atoms with Crippen LogP contribution in [0.4, 0.5) is 4.79 Å². The van der Waals surface area contributed by atoms with Crippen molar-refractivity contribution in [3.63, 3.8) is 0 Å². The minimum absolute atomic E-state index is 0.0609. The van der Waals surface area contributed by atoms with Crippen LogP contribution in [0.15, 0.2) is 0 Å². The highest BCUT2D eigenvalue weighted by Crippen LogP contribution is 2.16. The summed E-state index contributed by atoms with van der Waals surface area (Å²) in [4.78, 5) is 93.8. The summed E-state index contributed by atoms with van der Waals surface area (Å²) in [7, 11) is 3.89. The first kappa shape index (κ1) is 66.6. The molecule has 0 aliphatic heterocycles. The minimum atomic E-state index is -0.993. The maximum atomic E-state index is 13.4. The van der Waals surface area contributed by atoms with E-state index in [-0.39, 0.29) is 83.3 Å². The predicted molar refractivity (Wildman–Crippen MR) is 277 cm³/mol. The molecule has 408 valence electrons. The normalized spacial score (nSPS) is 12.0. The summed E-state index contributed by atoms with van der Waals surface area (Å²) in [6.07, 6.45) is 23.4. The van der Waals surface area contributed by atoms with Crippen LogP contribution in [-0.4, -0.2) is 129 Å². The van der Waals surface area contributed by atoms with Gasteiger partial charge in [-0.2, -0.15) is 0 Å². The number of ether oxygens (including phenoxy) is 6. The van der Waals surface area contributed by atoms with Gasteiger partial charge in [-0.15, -0.1) is 0 Å². The van der Waals surface area contributed by atoms with Gasteiger partial charge in [0, 0.05) is 44.5 Å². The summed E-state index contributed by atoms with van der Waals surface area (Å²) >= 11 is 1.09. The zero-order chi connectivity index (χ0) is 51.9. The average molecular weight is 1020 g/mol. The summed E-state index contributed by atoms with van der Waals surface area (Å²) < 4.78 is 33.2. The van der Waals surface area contributed by atoms with Gasteiger partial charge < -0.3 is 38.2 Å². The van der Waals surface area contributed by atoms with E-state index in [0.29, 0.717) is 31.4 Å². The van der Waals surface area contributed by atoms with E-state index < -0.39 is 48.0 Å². The number of nitrogens with zero attached hydrogens (tertiary/aromatic N) is 2. The maximum Gasteiger partial charge on any atom is 0.307 e. The van der Waals surface area contributed by atoms with Crippen molar-refractivity contribution in [3.8, 4) is 0 Å².